The summed E-state index contributed by atoms with van der Waals surface area (Å²) in [6.07, 6.45) is 1.70. The quantitative estimate of drug-likeness (QED) is 0.758. The number of aryl methyl sites for hydroxylation is 1. The first kappa shape index (κ1) is 18.4. The van der Waals surface area contributed by atoms with Crippen molar-refractivity contribution < 1.29 is 9.53 Å². The van der Waals surface area contributed by atoms with Crippen LogP contribution in [0, 0.1) is 6.92 Å². The van der Waals surface area contributed by atoms with E-state index >= 15 is 0 Å². The van der Waals surface area contributed by atoms with Gasteiger partial charge in [0.15, 0.2) is 5.65 Å². The van der Waals surface area contributed by atoms with E-state index in [0.717, 1.165) is 30.7 Å². The predicted molar refractivity (Wildman–Crippen MR) is 110 cm³/mol. The minimum atomic E-state index is -0.123. The van der Waals surface area contributed by atoms with E-state index in [1.54, 1.807) is 6.20 Å². The fourth-order valence-corrected chi connectivity index (χ4v) is 3.52. The van der Waals surface area contributed by atoms with E-state index < -0.39 is 0 Å². The van der Waals surface area contributed by atoms with Crippen LogP contribution in [0.1, 0.15) is 28.5 Å². The van der Waals surface area contributed by atoms with Crippen LogP contribution in [-0.2, 0) is 11.3 Å². The number of anilines is 1. The Morgan fingerprint density at radius 3 is 2.89 bits per heavy atom. The Labute approximate surface area is 164 Å². The van der Waals surface area contributed by atoms with E-state index in [2.05, 4.69) is 51.4 Å². The SMILES string of the molecule is Cc1nc2ncccc2cc1C(=O)NCc1ccc(N2CCOC[C@@H]2C)cc1. The van der Waals surface area contributed by atoms with Crippen LogP contribution >= 0.6 is 0 Å². The maximum atomic E-state index is 12.6. The molecule has 28 heavy (non-hydrogen) atoms. The van der Waals surface area contributed by atoms with Gasteiger partial charge in [-0.3, -0.25) is 4.79 Å². The van der Waals surface area contributed by atoms with E-state index in [1.807, 2.05) is 25.1 Å². The van der Waals surface area contributed by atoms with E-state index in [-0.39, 0.29) is 5.91 Å². The van der Waals surface area contributed by atoms with Crippen molar-refractivity contribution in [2.75, 3.05) is 24.7 Å². The molecule has 0 spiro atoms. The zero-order chi connectivity index (χ0) is 19.5. The Bertz CT molecular complexity index is 987. The number of hydrogen-bond acceptors (Lipinski definition) is 5. The molecule has 0 saturated carbocycles. The monoisotopic (exact) mass is 376 g/mol. The normalized spacial score (nSPS) is 16.9. The van der Waals surface area contributed by atoms with Crippen LogP contribution in [0.25, 0.3) is 11.0 Å². The second kappa shape index (κ2) is 7.94. The Kier molecular flexibility index (Phi) is 5.21. The van der Waals surface area contributed by atoms with Gasteiger partial charge in [0, 0.05) is 36.4 Å². The molecule has 1 amide bonds. The Hall–Kier alpha value is -2.99. The summed E-state index contributed by atoms with van der Waals surface area (Å²) in [5.74, 6) is -0.123. The average molecular weight is 376 g/mol. The van der Waals surface area contributed by atoms with Gasteiger partial charge in [-0.25, -0.2) is 9.97 Å². The van der Waals surface area contributed by atoms with Crippen LogP contribution in [0.3, 0.4) is 0 Å². The number of rotatable bonds is 4. The summed E-state index contributed by atoms with van der Waals surface area (Å²) in [7, 11) is 0. The van der Waals surface area contributed by atoms with Gasteiger partial charge in [-0.2, -0.15) is 0 Å². The smallest absolute Gasteiger partial charge is 0.253 e. The molecule has 0 bridgehead atoms. The highest BCUT2D eigenvalue weighted by molar-refractivity contribution is 5.98. The maximum Gasteiger partial charge on any atom is 0.253 e. The van der Waals surface area contributed by atoms with Crippen LogP contribution in [0.15, 0.2) is 48.7 Å². The van der Waals surface area contributed by atoms with Crippen molar-refractivity contribution in [3.63, 3.8) is 0 Å². The molecule has 144 valence electrons. The first-order chi connectivity index (χ1) is 13.6. The number of fused-ring (bicyclic) bond motifs is 1. The van der Waals surface area contributed by atoms with Gasteiger partial charge in [-0.15, -0.1) is 0 Å². The fraction of sp³-hybridized carbons (Fsp3) is 0.318. The maximum absolute atomic E-state index is 12.6. The molecule has 0 radical (unpaired) electrons. The van der Waals surface area contributed by atoms with E-state index in [9.17, 15) is 4.79 Å². The molecule has 1 fully saturated rings. The molecule has 3 aromatic rings. The Morgan fingerprint density at radius 1 is 1.29 bits per heavy atom. The van der Waals surface area contributed by atoms with Crippen molar-refractivity contribution in [3.8, 4) is 0 Å². The second-order valence-electron chi connectivity index (χ2n) is 7.14. The molecule has 6 nitrogen and oxygen atoms in total. The summed E-state index contributed by atoms with van der Waals surface area (Å²) in [5, 5.41) is 3.86. The number of amides is 1. The molecule has 0 aliphatic carbocycles. The van der Waals surface area contributed by atoms with Gasteiger partial charge in [0.2, 0.25) is 0 Å². The van der Waals surface area contributed by atoms with Crippen molar-refractivity contribution in [2.24, 2.45) is 0 Å². The molecule has 4 rings (SSSR count). The van der Waals surface area contributed by atoms with Crippen LogP contribution in [-0.4, -0.2) is 41.7 Å². The molecule has 6 heteroatoms. The van der Waals surface area contributed by atoms with E-state index in [0.29, 0.717) is 29.5 Å². The van der Waals surface area contributed by atoms with Crippen molar-refractivity contribution in [1.82, 2.24) is 15.3 Å². The number of nitrogens with one attached hydrogen (secondary N) is 1. The topological polar surface area (TPSA) is 67.4 Å². The summed E-state index contributed by atoms with van der Waals surface area (Å²) in [5.41, 5.74) is 4.17. The lowest BCUT2D eigenvalue weighted by Gasteiger charge is -2.35. The lowest BCUT2D eigenvalue weighted by atomic mass is 10.1. The summed E-state index contributed by atoms with van der Waals surface area (Å²) >= 11 is 0. The molecule has 1 N–H and O–H groups in total. The number of aromatic nitrogens is 2. The lowest BCUT2D eigenvalue weighted by molar-refractivity contribution is 0.0950. The number of hydrogen-bond donors (Lipinski definition) is 1. The molecule has 1 atom stereocenters. The molecule has 1 aliphatic rings. The third-order valence-electron chi connectivity index (χ3n) is 5.11. The summed E-state index contributed by atoms with van der Waals surface area (Å²) in [4.78, 5) is 23.7. The summed E-state index contributed by atoms with van der Waals surface area (Å²) in [6, 6.07) is 14.3. The zero-order valence-electron chi connectivity index (χ0n) is 16.2. The number of ether oxygens (including phenoxy) is 1. The van der Waals surface area contributed by atoms with Gasteiger partial charge in [-0.05, 0) is 49.7 Å². The van der Waals surface area contributed by atoms with Crippen LogP contribution < -0.4 is 10.2 Å². The van der Waals surface area contributed by atoms with Crippen molar-refractivity contribution >= 4 is 22.6 Å². The first-order valence-corrected chi connectivity index (χ1v) is 9.56. The van der Waals surface area contributed by atoms with Gasteiger partial charge in [0.25, 0.3) is 5.91 Å². The van der Waals surface area contributed by atoms with Crippen molar-refractivity contribution in [1.29, 1.82) is 0 Å². The Balaban J connectivity index is 1.43. The molecule has 3 heterocycles. The predicted octanol–water partition coefficient (Wildman–Crippen LogP) is 3.09. The van der Waals surface area contributed by atoms with Crippen molar-refractivity contribution in [2.45, 2.75) is 26.4 Å². The largest absolute Gasteiger partial charge is 0.377 e. The van der Waals surface area contributed by atoms with Gasteiger partial charge >= 0.3 is 0 Å². The Morgan fingerprint density at radius 2 is 2.11 bits per heavy atom. The molecular formula is C22H24N4O2. The van der Waals surface area contributed by atoms with Gasteiger partial charge < -0.3 is 15.0 Å². The average Bonchev–Trinajstić information content (AvgIpc) is 2.72. The van der Waals surface area contributed by atoms with Crippen LogP contribution in [0.4, 0.5) is 5.69 Å². The van der Waals surface area contributed by atoms with E-state index in [1.165, 1.54) is 5.69 Å². The molecule has 1 saturated heterocycles. The lowest BCUT2D eigenvalue weighted by Crippen LogP contribution is -2.43. The van der Waals surface area contributed by atoms with Gasteiger partial charge in [0.05, 0.1) is 24.5 Å². The highest BCUT2D eigenvalue weighted by Crippen LogP contribution is 2.20. The highest BCUT2D eigenvalue weighted by atomic mass is 16.5. The van der Waals surface area contributed by atoms with Gasteiger partial charge in [-0.1, -0.05) is 12.1 Å². The molecule has 2 aromatic heterocycles. The minimum absolute atomic E-state index is 0.123. The third-order valence-corrected chi connectivity index (χ3v) is 5.11. The molecule has 1 aromatic carbocycles. The zero-order valence-corrected chi connectivity index (χ0v) is 16.2. The number of benzene rings is 1. The number of morpholine rings is 1. The van der Waals surface area contributed by atoms with Crippen LogP contribution in [0.2, 0.25) is 0 Å². The highest BCUT2D eigenvalue weighted by Gasteiger charge is 2.19. The number of carbonyl (C=O) groups excluding carboxylic acids is 1. The molecule has 0 unspecified atom stereocenters. The standard InChI is InChI=1S/C22H24N4O2/c1-15-14-28-11-10-26(15)19-7-5-17(6-8-19)13-24-22(27)20-12-18-4-3-9-23-21(18)25-16(20)2/h3-9,12,15H,10-11,13-14H2,1-2H3,(H,24,27)/t15-/m0/s1. The summed E-state index contributed by atoms with van der Waals surface area (Å²) < 4.78 is 5.50. The molecule has 1 aliphatic heterocycles. The van der Waals surface area contributed by atoms with Crippen LogP contribution in [0.5, 0.6) is 0 Å². The minimum Gasteiger partial charge on any atom is -0.377 e. The fourth-order valence-electron chi connectivity index (χ4n) is 3.52. The van der Waals surface area contributed by atoms with Gasteiger partial charge in [0.1, 0.15) is 0 Å². The van der Waals surface area contributed by atoms with Crippen molar-refractivity contribution in [3.05, 3.63) is 65.5 Å². The number of nitrogens with zero attached hydrogens (tertiary/aromatic N) is 3. The summed E-state index contributed by atoms with van der Waals surface area (Å²) in [6.45, 7) is 6.90. The second-order valence-corrected chi connectivity index (χ2v) is 7.14. The first-order valence-electron chi connectivity index (χ1n) is 9.56. The number of pyridine rings is 2. The molecular weight excluding hydrogens is 352 g/mol. The number of carbonyl (C=O) groups is 1. The van der Waals surface area contributed by atoms with E-state index in [4.69, 9.17) is 4.74 Å². The third kappa shape index (κ3) is 3.82.